The molecule has 0 spiro atoms. The van der Waals surface area contributed by atoms with Crippen LogP contribution in [-0.2, 0) is 0 Å². The van der Waals surface area contributed by atoms with Gasteiger partial charge in [0, 0.05) is 0 Å². The first-order valence-electron chi connectivity index (χ1n) is 8.96. The van der Waals surface area contributed by atoms with E-state index in [4.69, 9.17) is 0 Å². The van der Waals surface area contributed by atoms with Crippen molar-refractivity contribution in [3.05, 3.63) is 7.18 Å². The Morgan fingerprint density at radius 3 is 0.950 bits per heavy atom. The fourth-order valence-corrected chi connectivity index (χ4v) is 29.2. The molecule has 0 saturated carbocycles. The van der Waals surface area contributed by atoms with Crippen molar-refractivity contribution in [3.8, 4) is 0 Å². The predicted molar refractivity (Wildman–Crippen MR) is 99.9 cm³/mol. The fraction of sp³-hybridized carbons (Fsp3) is 0.889. The van der Waals surface area contributed by atoms with Crippen molar-refractivity contribution in [2.45, 2.75) is 93.8 Å². The number of hydrogen-bond donors (Lipinski definition) is 0. The summed E-state index contributed by atoms with van der Waals surface area (Å²) in [6, 6.07) is 0. The van der Waals surface area contributed by atoms with Crippen LogP contribution in [0.25, 0.3) is 0 Å². The van der Waals surface area contributed by atoms with Crippen LogP contribution in [-0.4, -0.2) is 36.8 Å². The van der Waals surface area contributed by atoms with E-state index in [1.54, 1.807) is 0 Å². The number of hydrogen-bond acceptors (Lipinski definition) is 0. The van der Waals surface area contributed by atoms with E-state index in [0.717, 1.165) is 0 Å². The molecule has 20 heavy (non-hydrogen) atoms. The molecule has 0 N–H and O–H groups in total. The topological polar surface area (TPSA) is 0 Å². The minimum atomic E-state index is -1.89. The van der Waals surface area contributed by atoms with Crippen molar-refractivity contribution < 1.29 is 0 Å². The summed E-state index contributed by atoms with van der Waals surface area (Å²) in [5.74, 6) is 0. The van der Waals surface area contributed by atoms with E-state index in [-0.39, 0.29) is 0 Å². The van der Waals surface area contributed by atoms with Crippen LogP contribution in [0.15, 0.2) is 7.18 Å². The van der Waals surface area contributed by atoms with Gasteiger partial charge in [-0.2, -0.15) is 0 Å². The second-order valence-corrected chi connectivity index (χ2v) is 37.9. The summed E-state index contributed by atoms with van der Waals surface area (Å²) in [5.41, 5.74) is 0. The van der Waals surface area contributed by atoms with Crippen molar-refractivity contribution >= 4 is 36.8 Å². The van der Waals surface area contributed by atoms with E-state index in [1.165, 1.54) is 64.2 Å². The van der Waals surface area contributed by atoms with Crippen LogP contribution in [0.4, 0.5) is 0 Å². The van der Waals surface area contributed by atoms with Crippen LogP contribution in [0, 0.1) is 0 Å². The zero-order chi connectivity index (χ0) is 15.2. The van der Waals surface area contributed by atoms with Crippen LogP contribution < -0.4 is 0 Å². The van der Waals surface area contributed by atoms with Crippen molar-refractivity contribution in [1.82, 2.24) is 0 Å². The standard InChI is InChI=1S/C12H20.6CH3.2Sn/c1-2-4-6-8-10-12-11-9-7-5-3-1;;;;;;;;/h1-10H2;6*1H3;;. The third kappa shape index (κ3) is 7.07. The quantitative estimate of drug-likeness (QED) is 0.367. The molecule has 2 heteroatoms. The van der Waals surface area contributed by atoms with Gasteiger partial charge < -0.3 is 0 Å². The predicted octanol–water partition coefficient (Wildman–Crippen LogP) is 6.95. The summed E-state index contributed by atoms with van der Waals surface area (Å²) in [4.78, 5) is 16.0. The number of rotatable bonds is 2. The molecule has 0 aromatic carbocycles. The van der Waals surface area contributed by atoms with Gasteiger partial charge in [-0.15, -0.1) is 0 Å². The van der Waals surface area contributed by atoms with Crippen LogP contribution in [0.2, 0.25) is 29.6 Å². The van der Waals surface area contributed by atoms with Crippen LogP contribution in [0.1, 0.15) is 64.2 Å². The van der Waals surface area contributed by atoms with Crippen LogP contribution in [0.5, 0.6) is 0 Å². The molecule has 118 valence electrons. The molecule has 0 unspecified atom stereocenters. The van der Waals surface area contributed by atoms with Gasteiger partial charge in [0.1, 0.15) is 0 Å². The van der Waals surface area contributed by atoms with Gasteiger partial charge in [-0.3, -0.25) is 0 Å². The average molecular weight is 492 g/mol. The third-order valence-electron chi connectivity index (χ3n) is 4.78. The second kappa shape index (κ2) is 8.84. The summed E-state index contributed by atoms with van der Waals surface area (Å²) in [5, 5.41) is 0. The maximum atomic E-state index is 2.66. The first-order valence-corrected chi connectivity index (χ1v) is 28.9. The molecule has 1 rings (SSSR count). The Balaban J connectivity index is 3.01. The van der Waals surface area contributed by atoms with Gasteiger partial charge in [-0.1, -0.05) is 0 Å². The van der Waals surface area contributed by atoms with Gasteiger partial charge in [0.05, 0.1) is 0 Å². The molecule has 0 atom stereocenters. The molecule has 1 aliphatic rings. The SMILES string of the molecule is [CH3][Sn]([CH3])([CH3])/[C]1=[C](\[Sn]([CH3])([CH3])[CH3])CCCCCCCCCC1. The van der Waals surface area contributed by atoms with Crippen LogP contribution >= 0.6 is 0 Å². The zero-order valence-corrected chi connectivity index (χ0v) is 20.8. The molecule has 0 amide bonds. The molecule has 0 fully saturated rings. The summed E-state index contributed by atoms with van der Waals surface area (Å²) in [6.45, 7) is 0. The molecule has 0 aliphatic heterocycles. The maximum absolute atomic E-state index is 2.66. The summed E-state index contributed by atoms with van der Waals surface area (Å²) >= 11 is -3.79. The Kier molecular flexibility index (Phi) is 8.56. The first-order chi connectivity index (χ1) is 9.23. The Hall–Kier alpha value is 1.34. The molecule has 0 radical (unpaired) electrons. The van der Waals surface area contributed by atoms with Gasteiger partial charge in [0.25, 0.3) is 0 Å². The van der Waals surface area contributed by atoms with Crippen molar-refractivity contribution in [1.29, 1.82) is 0 Å². The first kappa shape index (κ1) is 19.4. The summed E-state index contributed by atoms with van der Waals surface area (Å²) in [7, 11) is 0. The summed E-state index contributed by atoms with van der Waals surface area (Å²) in [6.07, 6.45) is 14.8. The average Bonchev–Trinajstić information content (AvgIpc) is 2.26. The Morgan fingerprint density at radius 1 is 0.450 bits per heavy atom. The molecule has 0 bridgehead atoms. The molecule has 0 saturated heterocycles. The van der Waals surface area contributed by atoms with E-state index in [1.807, 2.05) is 0 Å². The number of allylic oxidation sites excluding steroid dienone is 2. The van der Waals surface area contributed by atoms with Gasteiger partial charge in [0.15, 0.2) is 0 Å². The third-order valence-corrected chi connectivity index (χ3v) is 20.3. The van der Waals surface area contributed by atoms with Crippen LogP contribution in [0.3, 0.4) is 0 Å². The van der Waals surface area contributed by atoms with E-state index in [9.17, 15) is 0 Å². The zero-order valence-electron chi connectivity index (χ0n) is 15.1. The molecule has 1 aliphatic carbocycles. The molecular weight excluding hydrogens is 454 g/mol. The monoisotopic (exact) mass is 494 g/mol. The fourth-order valence-electron chi connectivity index (χ4n) is 3.62. The Bertz CT molecular complexity index is 283. The molecule has 0 aromatic heterocycles. The Labute approximate surface area is 136 Å². The van der Waals surface area contributed by atoms with E-state index in [2.05, 4.69) is 36.8 Å². The molecule has 0 nitrogen and oxygen atoms in total. The normalized spacial score (nSPS) is 24.9. The van der Waals surface area contributed by atoms with E-state index >= 15 is 0 Å². The van der Waals surface area contributed by atoms with Crippen molar-refractivity contribution in [2.24, 2.45) is 0 Å². The van der Waals surface area contributed by atoms with Crippen molar-refractivity contribution in [2.75, 3.05) is 0 Å². The van der Waals surface area contributed by atoms with E-state index in [0.29, 0.717) is 0 Å². The van der Waals surface area contributed by atoms with Gasteiger partial charge in [-0.25, -0.2) is 0 Å². The van der Waals surface area contributed by atoms with Gasteiger partial charge in [-0.05, 0) is 0 Å². The summed E-state index contributed by atoms with van der Waals surface area (Å²) < 4.78 is 4.14. The molecular formula is C18H38Sn2. The molecule has 0 aromatic rings. The van der Waals surface area contributed by atoms with E-state index < -0.39 is 36.8 Å². The van der Waals surface area contributed by atoms with Gasteiger partial charge >= 0.3 is 138 Å². The van der Waals surface area contributed by atoms with Crippen molar-refractivity contribution in [3.63, 3.8) is 0 Å². The Morgan fingerprint density at radius 2 is 0.700 bits per heavy atom. The minimum absolute atomic E-state index is 1.48. The van der Waals surface area contributed by atoms with Gasteiger partial charge in [0.2, 0.25) is 0 Å². The second-order valence-electron chi connectivity index (χ2n) is 8.79. The molecule has 0 heterocycles.